The average molecular weight is 430 g/mol. The zero-order valence-corrected chi connectivity index (χ0v) is 17.1. The number of rotatable bonds is 9. The van der Waals surface area contributed by atoms with Crippen molar-refractivity contribution in [3.63, 3.8) is 0 Å². The van der Waals surface area contributed by atoms with E-state index in [0.717, 1.165) is 24.2 Å². The highest BCUT2D eigenvalue weighted by Crippen LogP contribution is 2.30. The maximum absolute atomic E-state index is 12.5. The van der Waals surface area contributed by atoms with Crippen molar-refractivity contribution in [1.82, 2.24) is 5.32 Å². The second kappa shape index (κ2) is 10.6. The van der Waals surface area contributed by atoms with E-state index in [1.54, 1.807) is 24.0 Å². The summed E-state index contributed by atoms with van der Waals surface area (Å²) in [6, 6.07) is 12.0. The summed E-state index contributed by atoms with van der Waals surface area (Å²) in [6.45, 7) is 0.148. The molecule has 31 heavy (non-hydrogen) atoms. The van der Waals surface area contributed by atoms with Gasteiger partial charge in [0.1, 0.15) is 0 Å². The fourth-order valence-electron chi connectivity index (χ4n) is 3.22. The number of halogens is 2. The summed E-state index contributed by atoms with van der Waals surface area (Å²) in [5.74, 6) is -0.0448. The van der Waals surface area contributed by atoms with Crippen LogP contribution in [0.2, 0.25) is 0 Å². The van der Waals surface area contributed by atoms with Crippen molar-refractivity contribution >= 4 is 23.6 Å². The van der Waals surface area contributed by atoms with Crippen molar-refractivity contribution in [2.45, 2.75) is 32.9 Å². The van der Waals surface area contributed by atoms with Crippen LogP contribution in [0.1, 0.15) is 30.9 Å². The van der Waals surface area contributed by atoms with Gasteiger partial charge in [0.2, 0.25) is 11.8 Å². The van der Waals surface area contributed by atoms with Crippen molar-refractivity contribution in [1.29, 1.82) is 0 Å². The number of hydrogen-bond donors (Lipinski definition) is 1. The zero-order chi connectivity index (χ0) is 22.2. The molecule has 0 aromatic heterocycles. The first kappa shape index (κ1) is 22.3. The summed E-state index contributed by atoms with van der Waals surface area (Å²) in [4.78, 5) is 25.7. The van der Waals surface area contributed by atoms with Crippen LogP contribution in [0, 0.1) is 0 Å². The summed E-state index contributed by atoms with van der Waals surface area (Å²) < 4.78 is 34.7. The predicted molar refractivity (Wildman–Crippen MR) is 113 cm³/mol. The van der Waals surface area contributed by atoms with Crippen molar-refractivity contribution in [2.24, 2.45) is 0 Å². The fraction of sp³-hybridized carbons (Fsp3) is 0.304. The van der Waals surface area contributed by atoms with E-state index in [1.165, 1.54) is 18.2 Å². The van der Waals surface area contributed by atoms with Gasteiger partial charge in [-0.2, -0.15) is 8.78 Å². The van der Waals surface area contributed by atoms with Gasteiger partial charge >= 0.3 is 6.61 Å². The SMILES string of the molecule is CCOc1cc(/C=C/C(=O)NCc2ccc(N3CCCC3=O)cc2)ccc1OC(F)F. The van der Waals surface area contributed by atoms with E-state index in [4.69, 9.17) is 4.74 Å². The number of benzene rings is 2. The first-order chi connectivity index (χ1) is 15.0. The van der Waals surface area contributed by atoms with Crippen molar-refractivity contribution in [3.8, 4) is 11.5 Å². The molecule has 1 heterocycles. The molecule has 0 unspecified atom stereocenters. The third-order valence-electron chi connectivity index (χ3n) is 4.70. The van der Waals surface area contributed by atoms with Crippen molar-refractivity contribution in [3.05, 3.63) is 59.7 Å². The van der Waals surface area contributed by atoms with Gasteiger partial charge in [-0.3, -0.25) is 9.59 Å². The Morgan fingerprint density at radius 3 is 2.61 bits per heavy atom. The minimum Gasteiger partial charge on any atom is -0.490 e. The van der Waals surface area contributed by atoms with Crippen LogP contribution >= 0.6 is 0 Å². The zero-order valence-electron chi connectivity index (χ0n) is 17.1. The van der Waals surface area contributed by atoms with Crippen LogP contribution in [0.5, 0.6) is 11.5 Å². The lowest BCUT2D eigenvalue weighted by molar-refractivity contribution is -0.117. The number of hydrogen-bond acceptors (Lipinski definition) is 4. The summed E-state index contributed by atoms with van der Waals surface area (Å²) >= 11 is 0. The van der Waals surface area contributed by atoms with Gasteiger partial charge in [0.15, 0.2) is 11.5 Å². The number of carbonyl (C=O) groups excluding carboxylic acids is 2. The summed E-state index contributed by atoms with van der Waals surface area (Å²) in [6.07, 6.45) is 4.37. The number of nitrogens with one attached hydrogen (secondary N) is 1. The first-order valence-electron chi connectivity index (χ1n) is 10.0. The standard InChI is InChI=1S/C23H24F2N2O4/c1-2-30-20-14-16(7-11-19(20)31-23(24)25)8-12-21(28)26-15-17-5-9-18(10-6-17)27-13-3-4-22(27)29/h5-12,14,23H,2-4,13,15H2,1H3,(H,26,28)/b12-8+. The summed E-state index contributed by atoms with van der Waals surface area (Å²) in [7, 11) is 0. The number of alkyl halides is 2. The van der Waals surface area contributed by atoms with Gasteiger partial charge in [0.05, 0.1) is 6.61 Å². The molecule has 2 aromatic carbocycles. The van der Waals surface area contributed by atoms with Gasteiger partial charge in [0.25, 0.3) is 0 Å². The van der Waals surface area contributed by atoms with Gasteiger partial charge in [-0.15, -0.1) is 0 Å². The first-order valence-corrected chi connectivity index (χ1v) is 10.0. The van der Waals surface area contributed by atoms with E-state index in [1.807, 2.05) is 24.3 Å². The Hall–Kier alpha value is -3.42. The van der Waals surface area contributed by atoms with Gasteiger partial charge in [-0.25, -0.2) is 0 Å². The van der Waals surface area contributed by atoms with Gasteiger partial charge in [-0.05, 0) is 54.8 Å². The number of nitrogens with zero attached hydrogens (tertiary/aromatic N) is 1. The Kier molecular flexibility index (Phi) is 7.59. The van der Waals surface area contributed by atoms with E-state index in [2.05, 4.69) is 10.1 Å². The molecule has 0 aliphatic carbocycles. The lowest BCUT2D eigenvalue weighted by Crippen LogP contribution is -2.23. The summed E-state index contributed by atoms with van der Waals surface area (Å²) in [5, 5.41) is 2.78. The van der Waals surface area contributed by atoms with E-state index in [0.29, 0.717) is 18.5 Å². The van der Waals surface area contributed by atoms with Crippen molar-refractivity contribution in [2.75, 3.05) is 18.1 Å². The summed E-state index contributed by atoms with van der Waals surface area (Å²) in [5.41, 5.74) is 2.38. The topological polar surface area (TPSA) is 67.9 Å². The van der Waals surface area contributed by atoms with E-state index in [9.17, 15) is 18.4 Å². The molecule has 2 aromatic rings. The highest BCUT2D eigenvalue weighted by Gasteiger charge is 2.21. The van der Waals surface area contributed by atoms with Gasteiger partial charge in [-0.1, -0.05) is 18.2 Å². The lowest BCUT2D eigenvalue weighted by atomic mass is 10.1. The molecule has 2 amide bonds. The molecule has 1 fully saturated rings. The van der Waals surface area contributed by atoms with Crippen molar-refractivity contribution < 1.29 is 27.8 Å². The van der Waals surface area contributed by atoms with Gasteiger partial charge < -0.3 is 19.7 Å². The van der Waals surface area contributed by atoms with Crippen LogP contribution in [-0.4, -0.2) is 31.6 Å². The third kappa shape index (κ3) is 6.28. The molecule has 8 heteroatoms. The van der Waals surface area contributed by atoms with E-state index < -0.39 is 6.61 Å². The molecule has 1 aliphatic heterocycles. The molecule has 6 nitrogen and oxygen atoms in total. The average Bonchev–Trinajstić information content (AvgIpc) is 3.18. The molecule has 164 valence electrons. The second-order valence-electron chi connectivity index (χ2n) is 6.88. The quantitative estimate of drug-likeness (QED) is 0.607. The molecular formula is C23H24F2N2O4. The van der Waals surface area contributed by atoms with Crippen LogP contribution in [0.15, 0.2) is 48.5 Å². The molecule has 0 atom stereocenters. The number of amides is 2. The molecule has 1 saturated heterocycles. The Morgan fingerprint density at radius 1 is 1.19 bits per heavy atom. The minimum absolute atomic E-state index is 0.0578. The fourth-order valence-corrected chi connectivity index (χ4v) is 3.22. The van der Waals surface area contributed by atoms with Crippen LogP contribution in [-0.2, 0) is 16.1 Å². The Balaban J connectivity index is 1.55. The van der Waals surface area contributed by atoms with Crippen LogP contribution < -0.4 is 19.7 Å². The van der Waals surface area contributed by atoms with Crippen LogP contribution in [0.4, 0.5) is 14.5 Å². The van der Waals surface area contributed by atoms with E-state index >= 15 is 0 Å². The number of anilines is 1. The maximum atomic E-state index is 12.5. The van der Waals surface area contributed by atoms with E-state index in [-0.39, 0.29) is 29.9 Å². The smallest absolute Gasteiger partial charge is 0.387 e. The maximum Gasteiger partial charge on any atom is 0.387 e. The highest BCUT2D eigenvalue weighted by molar-refractivity contribution is 5.95. The molecule has 0 spiro atoms. The molecule has 1 N–H and O–H groups in total. The second-order valence-corrected chi connectivity index (χ2v) is 6.88. The molecule has 0 bridgehead atoms. The van der Waals surface area contributed by atoms with Crippen LogP contribution in [0.25, 0.3) is 6.08 Å². The lowest BCUT2D eigenvalue weighted by Gasteiger charge is -2.15. The molecular weight excluding hydrogens is 406 g/mol. The number of carbonyl (C=O) groups is 2. The number of ether oxygens (including phenoxy) is 2. The van der Waals surface area contributed by atoms with Gasteiger partial charge in [0, 0.05) is 31.3 Å². The molecule has 1 aliphatic rings. The largest absolute Gasteiger partial charge is 0.490 e. The Labute approximate surface area is 179 Å². The highest BCUT2D eigenvalue weighted by atomic mass is 19.3. The third-order valence-corrected chi connectivity index (χ3v) is 4.70. The minimum atomic E-state index is -2.95. The molecule has 3 rings (SSSR count). The monoisotopic (exact) mass is 430 g/mol. The van der Waals surface area contributed by atoms with Crippen LogP contribution in [0.3, 0.4) is 0 Å². The molecule has 0 saturated carbocycles. The normalized spacial score (nSPS) is 13.8. The predicted octanol–water partition coefficient (Wildman–Crippen LogP) is 4.14. The Morgan fingerprint density at radius 2 is 1.97 bits per heavy atom. The molecule has 0 radical (unpaired) electrons. The Bertz CT molecular complexity index is 945.